The number of esters is 1. The molecule has 3 nitrogen and oxygen atoms in total. The number of halogens is 1. The number of aromatic hydroxyl groups is 1. The zero-order valence-electron chi connectivity index (χ0n) is 10.9. The first-order valence-electron chi connectivity index (χ1n) is 6.34. The molecule has 0 aliphatic carbocycles. The second-order valence-corrected chi connectivity index (χ2v) is 5.67. The molecular weight excluding hydrogens is 379 g/mol. The van der Waals surface area contributed by atoms with Gasteiger partial charge < -0.3 is 9.84 Å². The third-order valence-electron chi connectivity index (χ3n) is 3.15. The summed E-state index contributed by atoms with van der Waals surface area (Å²) in [5.41, 5.74) is 0.154. The lowest BCUT2D eigenvalue weighted by molar-refractivity contribution is 0.0732. The van der Waals surface area contributed by atoms with E-state index in [4.69, 9.17) is 4.74 Å². The van der Waals surface area contributed by atoms with Gasteiger partial charge in [0.2, 0.25) is 0 Å². The van der Waals surface area contributed by atoms with Gasteiger partial charge in [-0.2, -0.15) is 0 Å². The average Bonchev–Trinajstić information content (AvgIpc) is 2.50. The summed E-state index contributed by atoms with van der Waals surface area (Å²) >= 11 is 2.13. The molecule has 0 radical (unpaired) electrons. The maximum atomic E-state index is 12.2. The molecule has 3 aromatic carbocycles. The summed E-state index contributed by atoms with van der Waals surface area (Å²) in [7, 11) is 0. The lowest BCUT2D eigenvalue weighted by atomic mass is 10.1. The van der Waals surface area contributed by atoms with Crippen molar-refractivity contribution in [2.45, 2.75) is 0 Å². The van der Waals surface area contributed by atoms with Gasteiger partial charge in [0.05, 0.1) is 3.57 Å². The molecule has 0 aromatic heterocycles. The van der Waals surface area contributed by atoms with Crippen molar-refractivity contribution >= 4 is 39.3 Å². The van der Waals surface area contributed by atoms with Crippen LogP contribution < -0.4 is 4.74 Å². The van der Waals surface area contributed by atoms with Crippen LogP contribution in [-0.4, -0.2) is 11.1 Å². The second kappa shape index (κ2) is 5.73. The maximum absolute atomic E-state index is 12.2. The van der Waals surface area contributed by atoms with Gasteiger partial charge >= 0.3 is 5.97 Å². The predicted octanol–water partition coefficient (Wildman–Crippen LogP) is 4.37. The number of para-hydroxylation sites is 1. The Morgan fingerprint density at radius 3 is 2.48 bits per heavy atom. The van der Waals surface area contributed by atoms with Crippen molar-refractivity contribution in [3.05, 3.63) is 69.8 Å². The monoisotopic (exact) mass is 390 g/mol. The van der Waals surface area contributed by atoms with Crippen LogP contribution in [-0.2, 0) is 0 Å². The number of phenols is 1. The molecule has 4 heteroatoms. The minimum absolute atomic E-state index is 0.0854. The molecule has 0 aliphatic rings. The number of fused-ring (bicyclic) bond motifs is 1. The van der Waals surface area contributed by atoms with E-state index in [2.05, 4.69) is 22.6 Å². The molecule has 0 spiro atoms. The predicted molar refractivity (Wildman–Crippen MR) is 89.7 cm³/mol. The van der Waals surface area contributed by atoms with Crippen LogP contribution in [0.3, 0.4) is 0 Å². The molecule has 0 unspecified atom stereocenters. The van der Waals surface area contributed by atoms with E-state index in [-0.39, 0.29) is 11.3 Å². The van der Waals surface area contributed by atoms with Gasteiger partial charge in [-0.15, -0.1) is 0 Å². The highest BCUT2D eigenvalue weighted by molar-refractivity contribution is 14.1. The van der Waals surface area contributed by atoms with Crippen LogP contribution in [0.5, 0.6) is 11.5 Å². The van der Waals surface area contributed by atoms with E-state index in [1.165, 1.54) is 12.1 Å². The van der Waals surface area contributed by atoms with Crippen LogP contribution in [0.25, 0.3) is 10.8 Å². The normalized spacial score (nSPS) is 10.5. The fourth-order valence-electron chi connectivity index (χ4n) is 2.11. The van der Waals surface area contributed by atoms with Gasteiger partial charge in [-0.3, -0.25) is 0 Å². The first-order valence-corrected chi connectivity index (χ1v) is 7.42. The number of hydrogen-bond donors (Lipinski definition) is 1. The topological polar surface area (TPSA) is 46.5 Å². The third kappa shape index (κ3) is 2.71. The molecule has 1 N–H and O–H groups in total. The van der Waals surface area contributed by atoms with E-state index in [9.17, 15) is 9.90 Å². The molecule has 3 aromatic rings. The van der Waals surface area contributed by atoms with Gasteiger partial charge in [0.1, 0.15) is 11.3 Å². The van der Waals surface area contributed by atoms with E-state index in [0.717, 1.165) is 14.3 Å². The summed E-state index contributed by atoms with van der Waals surface area (Å²) < 4.78 is 6.36. The largest absolute Gasteiger partial charge is 0.507 e. The van der Waals surface area contributed by atoms with Gasteiger partial charge in [0.25, 0.3) is 0 Å². The molecular formula is C17H11IO3. The summed E-state index contributed by atoms with van der Waals surface area (Å²) in [6.07, 6.45) is 0. The smallest absolute Gasteiger partial charge is 0.347 e. The number of phenolic OH excluding ortho intramolecular Hbond substituents is 1. The van der Waals surface area contributed by atoms with Gasteiger partial charge in [-0.05, 0) is 46.2 Å². The SMILES string of the molecule is O=C(Oc1c(I)ccc2ccccc12)c1ccccc1O. The fourth-order valence-corrected chi connectivity index (χ4v) is 2.69. The number of rotatable bonds is 2. The number of carbonyl (C=O) groups is 1. The Hall–Kier alpha value is -2.08. The summed E-state index contributed by atoms with van der Waals surface area (Å²) in [5.74, 6) is -0.137. The highest BCUT2D eigenvalue weighted by Crippen LogP contribution is 2.32. The van der Waals surface area contributed by atoms with Crippen molar-refractivity contribution in [3.8, 4) is 11.5 Å². The number of hydrogen-bond acceptors (Lipinski definition) is 3. The first-order chi connectivity index (χ1) is 10.2. The van der Waals surface area contributed by atoms with Crippen LogP contribution in [0.2, 0.25) is 0 Å². The Balaban J connectivity index is 2.04. The number of carbonyl (C=O) groups excluding carboxylic acids is 1. The summed E-state index contributed by atoms with van der Waals surface area (Å²) in [6, 6.07) is 17.9. The standard InChI is InChI=1S/C17H11IO3/c18-14-10-9-11-5-1-2-6-12(11)16(14)21-17(20)13-7-3-4-8-15(13)19/h1-10,19H. The molecule has 0 saturated carbocycles. The van der Waals surface area contributed by atoms with E-state index in [1.807, 2.05) is 36.4 Å². The Kier molecular flexibility index (Phi) is 3.79. The third-order valence-corrected chi connectivity index (χ3v) is 4.00. The first kappa shape index (κ1) is 13.9. The van der Waals surface area contributed by atoms with Crippen molar-refractivity contribution in [3.63, 3.8) is 0 Å². The molecule has 104 valence electrons. The second-order valence-electron chi connectivity index (χ2n) is 4.50. The summed E-state index contributed by atoms with van der Waals surface area (Å²) in [6.45, 7) is 0. The molecule has 21 heavy (non-hydrogen) atoms. The van der Waals surface area contributed by atoms with Gasteiger partial charge in [-0.1, -0.05) is 42.5 Å². The molecule has 0 heterocycles. The number of benzene rings is 3. The van der Waals surface area contributed by atoms with Crippen LogP contribution in [0.4, 0.5) is 0 Å². The van der Waals surface area contributed by atoms with Crippen molar-refractivity contribution in [2.75, 3.05) is 0 Å². The van der Waals surface area contributed by atoms with Crippen molar-refractivity contribution < 1.29 is 14.6 Å². The molecule has 0 saturated heterocycles. The average molecular weight is 390 g/mol. The van der Waals surface area contributed by atoms with Gasteiger partial charge in [0.15, 0.2) is 5.75 Å². The van der Waals surface area contributed by atoms with E-state index in [0.29, 0.717) is 5.75 Å². The van der Waals surface area contributed by atoms with Crippen LogP contribution in [0.15, 0.2) is 60.7 Å². The van der Waals surface area contributed by atoms with Crippen molar-refractivity contribution in [1.29, 1.82) is 0 Å². The van der Waals surface area contributed by atoms with Crippen LogP contribution >= 0.6 is 22.6 Å². The zero-order chi connectivity index (χ0) is 14.8. The lowest BCUT2D eigenvalue weighted by Crippen LogP contribution is -2.09. The van der Waals surface area contributed by atoms with Gasteiger partial charge in [0, 0.05) is 5.39 Å². The van der Waals surface area contributed by atoms with Gasteiger partial charge in [-0.25, -0.2) is 4.79 Å². The number of ether oxygens (including phenoxy) is 1. The Bertz CT molecular complexity index is 827. The Morgan fingerprint density at radius 1 is 0.952 bits per heavy atom. The minimum Gasteiger partial charge on any atom is -0.507 e. The minimum atomic E-state index is -0.567. The Morgan fingerprint density at radius 2 is 1.67 bits per heavy atom. The quantitative estimate of drug-likeness (QED) is 0.402. The molecule has 0 fully saturated rings. The van der Waals surface area contributed by atoms with Crippen molar-refractivity contribution in [2.24, 2.45) is 0 Å². The van der Waals surface area contributed by atoms with E-state index >= 15 is 0 Å². The van der Waals surface area contributed by atoms with E-state index < -0.39 is 5.97 Å². The fraction of sp³-hybridized carbons (Fsp3) is 0. The zero-order valence-corrected chi connectivity index (χ0v) is 13.1. The highest BCUT2D eigenvalue weighted by Gasteiger charge is 2.16. The van der Waals surface area contributed by atoms with Crippen LogP contribution in [0.1, 0.15) is 10.4 Å². The molecule has 0 bridgehead atoms. The maximum Gasteiger partial charge on any atom is 0.347 e. The molecule has 3 rings (SSSR count). The summed E-state index contributed by atoms with van der Waals surface area (Å²) in [4.78, 5) is 12.2. The highest BCUT2D eigenvalue weighted by atomic mass is 127. The summed E-state index contributed by atoms with van der Waals surface area (Å²) in [5, 5.41) is 11.6. The van der Waals surface area contributed by atoms with Crippen molar-refractivity contribution in [1.82, 2.24) is 0 Å². The lowest BCUT2D eigenvalue weighted by Gasteiger charge is -2.10. The molecule has 0 aliphatic heterocycles. The van der Waals surface area contributed by atoms with E-state index in [1.54, 1.807) is 12.1 Å². The van der Waals surface area contributed by atoms with Crippen LogP contribution in [0, 0.1) is 3.57 Å². The molecule has 0 amide bonds. The molecule has 0 atom stereocenters. The Labute approximate surface area is 135 Å².